The third kappa shape index (κ3) is 3.15. The van der Waals surface area contributed by atoms with Crippen molar-refractivity contribution in [1.29, 1.82) is 0 Å². The van der Waals surface area contributed by atoms with Crippen molar-refractivity contribution in [3.05, 3.63) is 59.9 Å². The highest BCUT2D eigenvalue weighted by molar-refractivity contribution is 5.94. The molecule has 0 aliphatic heterocycles. The Hall–Kier alpha value is -2.69. The first-order valence-corrected chi connectivity index (χ1v) is 5.28. The molecule has 90 valence electrons. The number of nitrogens with zero attached hydrogens (tertiary/aromatic N) is 2. The van der Waals surface area contributed by atoms with Crippen molar-refractivity contribution in [2.75, 3.05) is 0 Å². The molecule has 0 atom stereocenters. The number of pyridine rings is 1. The van der Waals surface area contributed by atoms with E-state index in [1.54, 1.807) is 24.5 Å². The van der Waals surface area contributed by atoms with Crippen LogP contribution in [-0.2, 0) is 0 Å². The fourth-order valence-electron chi connectivity index (χ4n) is 1.29. The van der Waals surface area contributed by atoms with Gasteiger partial charge in [-0.15, -0.1) is 0 Å². The van der Waals surface area contributed by atoms with Crippen LogP contribution in [0.3, 0.4) is 0 Å². The average Bonchev–Trinajstić information content (AvgIpc) is 2.40. The van der Waals surface area contributed by atoms with Gasteiger partial charge in [-0.25, -0.2) is 5.43 Å². The van der Waals surface area contributed by atoms with Gasteiger partial charge in [0.15, 0.2) is 0 Å². The number of phenolic OH excluding ortho intramolecular Hbond substituents is 1. The third-order valence-electron chi connectivity index (χ3n) is 2.22. The minimum absolute atomic E-state index is 0.117. The van der Waals surface area contributed by atoms with Gasteiger partial charge in [0, 0.05) is 18.0 Å². The summed E-state index contributed by atoms with van der Waals surface area (Å²) in [7, 11) is 0. The van der Waals surface area contributed by atoms with Gasteiger partial charge in [0.05, 0.1) is 6.21 Å². The summed E-state index contributed by atoms with van der Waals surface area (Å²) in [6.07, 6.45) is 4.81. The summed E-state index contributed by atoms with van der Waals surface area (Å²) in [4.78, 5) is 15.5. The lowest BCUT2D eigenvalue weighted by Crippen LogP contribution is -2.17. The maximum absolute atomic E-state index is 11.6. The summed E-state index contributed by atoms with van der Waals surface area (Å²) in [5.74, 6) is -0.216. The summed E-state index contributed by atoms with van der Waals surface area (Å²) >= 11 is 0. The second-order valence-electron chi connectivity index (χ2n) is 3.53. The van der Waals surface area contributed by atoms with E-state index < -0.39 is 0 Å². The van der Waals surface area contributed by atoms with Gasteiger partial charge in [0.2, 0.25) is 0 Å². The van der Waals surface area contributed by atoms with Crippen LogP contribution in [0.1, 0.15) is 15.9 Å². The highest BCUT2D eigenvalue weighted by atomic mass is 16.3. The molecule has 2 N–H and O–H groups in total. The van der Waals surface area contributed by atoms with E-state index in [0.717, 1.165) is 5.56 Å². The first-order valence-electron chi connectivity index (χ1n) is 5.28. The second-order valence-corrected chi connectivity index (χ2v) is 3.53. The first-order chi connectivity index (χ1) is 8.75. The van der Waals surface area contributed by atoms with Crippen LogP contribution in [0.25, 0.3) is 0 Å². The molecule has 1 amide bonds. The van der Waals surface area contributed by atoms with E-state index in [4.69, 9.17) is 5.11 Å². The number of phenols is 1. The topological polar surface area (TPSA) is 74.6 Å². The molecule has 1 aromatic heterocycles. The number of hydrogen-bond acceptors (Lipinski definition) is 4. The Morgan fingerprint density at radius 1 is 1.17 bits per heavy atom. The molecule has 0 saturated carbocycles. The highest BCUT2D eigenvalue weighted by Crippen LogP contribution is 2.09. The van der Waals surface area contributed by atoms with Gasteiger partial charge in [0.25, 0.3) is 5.91 Å². The SMILES string of the molecule is O=C(N/N=C/c1ccncc1)c1ccc(O)cc1. The number of carbonyl (C=O) groups excluding carboxylic acids is 1. The first kappa shape index (κ1) is 11.8. The summed E-state index contributed by atoms with van der Waals surface area (Å²) in [6, 6.07) is 9.48. The van der Waals surface area contributed by atoms with Gasteiger partial charge in [0.1, 0.15) is 5.75 Å². The van der Waals surface area contributed by atoms with Gasteiger partial charge < -0.3 is 5.11 Å². The molecule has 0 aliphatic carbocycles. The minimum atomic E-state index is -0.333. The van der Waals surface area contributed by atoms with E-state index in [0.29, 0.717) is 5.56 Å². The van der Waals surface area contributed by atoms with E-state index in [2.05, 4.69) is 15.5 Å². The largest absolute Gasteiger partial charge is 0.508 e. The number of aromatic nitrogens is 1. The fraction of sp³-hybridized carbons (Fsp3) is 0. The van der Waals surface area contributed by atoms with Crippen LogP contribution in [0, 0.1) is 0 Å². The molecule has 0 radical (unpaired) electrons. The molecular weight excluding hydrogens is 230 g/mol. The van der Waals surface area contributed by atoms with Crippen molar-refractivity contribution in [3.8, 4) is 5.75 Å². The van der Waals surface area contributed by atoms with Crippen LogP contribution in [0.15, 0.2) is 53.9 Å². The minimum Gasteiger partial charge on any atom is -0.508 e. The smallest absolute Gasteiger partial charge is 0.271 e. The lowest BCUT2D eigenvalue weighted by atomic mass is 10.2. The number of aromatic hydroxyl groups is 1. The molecule has 0 aliphatic rings. The van der Waals surface area contributed by atoms with Crippen LogP contribution in [0.4, 0.5) is 0 Å². The summed E-state index contributed by atoms with van der Waals surface area (Å²) in [6.45, 7) is 0. The molecule has 0 unspecified atom stereocenters. The molecule has 0 saturated heterocycles. The second kappa shape index (κ2) is 5.58. The average molecular weight is 241 g/mol. The van der Waals surface area contributed by atoms with Crippen molar-refractivity contribution >= 4 is 12.1 Å². The monoisotopic (exact) mass is 241 g/mol. The van der Waals surface area contributed by atoms with Crippen LogP contribution in [0.2, 0.25) is 0 Å². The van der Waals surface area contributed by atoms with Crippen molar-refractivity contribution in [3.63, 3.8) is 0 Å². The van der Waals surface area contributed by atoms with E-state index in [1.165, 1.54) is 30.5 Å². The fourth-order valence-corrected chi connectivity index (χ4v) is 1.29. The van der Waals surface area contributed by atoms with Crippen molar-refractivity contribution < 1.29 is 9.90 Å². The van der Waals surface area contributed by atoms with E-state index in [-0.39, 0.29) is 11.7 Å². The number of nitrogens with one attached hydrogen (secondary N) is 1. The van der Waals surface area contributed by atoms with Gasteiger partial charge in [-0.05, 0) is 42.0 Å². The lowest BCUT2D eigenvalue weighted by Gasteiger charge is -1.99. The molecule has 0 spiro atoms. The Morgan fingerprint density at radius 2 is 1.83 bits per heavy atom. The van der Waals surface area contributed by atoms with Gasteiger partial charge in [-0.2, -0.15) is 5.10 Å². The number of amides is 1. The van der Waals surface area contributed by atoms with Gasteiger partial charge >= 0.3 is 0 Å². The van der Waals surface area contributed by atoms with E-state index in [9.17, 15) is 4.79 Å². The number of carbonyl (C=O) groups is 1. The van der Waals surface area contributed by atoms with Crippen LogP contribution in [-0.4, -0.2) is 22.2 Å². The summed E-state index contributed by atoms with van der Waals surface area (Å²) < 4.78 is 0. The molecule has 2 rings (SSSR count). The van der Waals surface area contributed by atoms with Crippen LogP contribution < -0.4 is 5.43 Å². The molecule has 1 heterocycles. The molecule has 1 aromatic carbocycles. The molecule has 2 aromatic rings. The molecular formula is C13H11N3O2. The maximum Gasteiger partial charge on any atom is 0.271 e. The van der Waals surface area contributed by atoms with Gasteiger partial charge in [-0.3, -0.25) is 9.78 Å². The van der Waals surface area contributed by atoms with Crippen molar-refractivity contribution in [2.45, 2.75) is 0 Å². The number of benzene rings is 1. The predicted octanol–water partition coefficient (Wildman–Crippen LogP) is 1.55. The Bertz CT molecular complexity index is 550. The summed E-state index contributed by atoms with van der Waals surface area (Å²) in [5.41, 5.74) is 3.67. The van der Waals surface area contributed by atoms with Crippen LogP contribution >= 0.6 is 0 Å². The predicted molar refractivity (Wildman–Crippen MR) is 67.4 cm³/mol. The van der Waals surface area contributed by atoms with Crippen molar-refractivity contribution in [1.82, 2.24) is 10.4 Å². The molecule has 5 heteroatoms. The molecule has 0 bridgehead atoms. The zero-order valence-corrected chi connectivity index (χ0v) is 9.45. The maximum atomic E-state index is 11.6. The zero-order chi connectivity index (χ0) is 12.8. The molecule has 0 fully saturated rings. The third-order valence-corrected chi connectivity index (χ3v) is 2.22. The van der Waals surface area contributed by atoms with Crippen LogP contribution in [0.5, 0.6) is 5.75 Å². The Kier molecular flexibility index (Phi) is 3.66. The summed E-state index contributed by atoms with van der Waals surface area (Å²) in [5, 5.41) is 12.9. The quantitative estimate of drug-likeness (QED) is 0.632. The van der Waals surface area contributed by atoms with Crippen molar-refractivity contribution in [2.24, 2.45) is 5.10 Å². The number of hydrogen-bond donors (Lipinski definition) is 2. The van der Waals surface area contributed by atoms with Gasteiger partial charge in [-0.1, -0.05) is 0 Å². The van der Waals surface area contributed by atoms with E-state index >= 15 is 0 Å². The standard InChI is InChI=1S/C13H11N3O2/c17-12-3-1-11(2-4-12)13(18)16-15-9-10-5-7-14-8-6-10/h1-9,17H,(H,16,18)/b15-9+. The lowest BCUT2D eigenvalue weighted by molar-refractivity contribution is 0.0955. The van der Waals surface area contributed by atoms with E-state index in [1.807, 2.05) is 0 Å². The Morgan fingerprint density at radius 3 is 2.50 bits per heavy atom. The number of rotatable bonds is 3. The highest BCUT2D eigenvalue weighted by Gasteiger charge is 2.02. The molecule has 18 heavy (non-hydrogen) atoms. The normalized spacial score (nSPS) is 10.4. The molecule has 5 nitrogen and oxygen atoms in total. The number of hydrazone groups is 1. The Balaban J connectivity index is 1.96. The Labute approximate surface area is 104 Å². The zero-order valence-electron chi connectivity index (χ0n) is 9.45.